The van der Waals surface area contributed by atoms with Gasteiger partial charge in [-0.15, -0.1) is 10.2 Å². The number of carbonyl (C=O) groups excluding carboxylic acids is 1. The largest absolute Gasteiger partial charge is 0.496 e. The molecule has 0 saturated carbocycles. The molecule has 1 N–H and O–H groups in total. The normalized spacial score (nSPS) is 10.4. The molecule has 0 aliphatic heterocycles. The molecule has 0 aliphatic rings. The molecule has 1 amide bonds. The third-order valence-electron chi connectivity index (χ3n) is 3.35. The van der Waals surface area contributed by atoms with Gasteiger partial charge in [0, 0.05) is 12.1 Å². The van der Waals surface area contributed by atoms with Crippen molar-refractivity contribution < 1.29 is 18.3 Å². The van der Waals surface area contributed by atoms with E-state index in [0.717, 1.165) is 0 Å². The van der Waals surface area contributed by atoms with Crippen molar-refractivity contribution >= 4 is 5.91 Å². The fraction of sp³-hybridized carbons (Fsp3) is 0.118. The van der Waals surface area contributed by atoms with Crippen LogP contribution in [0.3, 0.4) is 0 Å². The molecule has 0 fully saturated rings. The maximum atomic E-state index is 13.5. The number of amides is 1. The number of rotatable bonds is 5. The van der Waals surface area contributed by atoms with Crippen molar-refractivity contribution in [3.05, 3.63) is 65.8 Å². The van der Waals surface area contributed by atoms with E-state index >= 15 is 0 Å². The van der Waals surface area contributed by atoms with E-state index in [1.54, 1.807) is 42.5 Å². The Labute approximate surface area is 137 Å². The summed E-state index contributed by atoms with van der Waals surface area (Å²) in [6.45, 7) is 0.0257. The summed E-state index contributed by atoms with van der Waals surface area (Å²) >= 11 is 0. The average Bonchev–Trinajstić information content (AvgIpc) is 3.11. The fourth-order valence-electron chi connectivity index (χ4n) is 2.14. The van der Waals surface area contributed by atoms with Gasteiger partial charge in [0.25, 0.3) is 5.89 Å². The first-order chi connectivity index (χ1) is 11.7. The number of nitrogens with one attached hydrogen (secondary N) is 1. The predicted molar refractivity (Wildman–Crippen MR) is 83.9 cm³/mol. The lowest BCUT2D eigenvalue weighted by molar-refractivity contribution is 0.0916. The van der Waals surface area contributed by atoms with E-state index in [1.165, 1.54) is 13.2 Å². The Kier molecular flexibility index (Phi) is 4.51. The first-order valence-corrected chi connectivity index (χ1v) is 7.17. The summed E-state index contributed by atoms with van der Waals surface area (Å²) in [7, 11) is 1.53. The van der Waals surface area contributed by atoms with Gasteiger partial charge in [0.1, 0.15) is 11.6 Å². The van der Waals surface area contributed by atoms with Crippen LogP contribution in [0.4, 0.5) is 4.39 Å². The van der Waals surface area contributed by atoms with E-state index in [1.807, 2.05) is 0 Å². The van der Waals surface area contributed by atoms with Crippen molar-refractivity contribution in [1.29, 1.82) is 0 Å². The molecule has 0 unspecified atom stereocenters. The van der Waals surface area contributed by atoms with Gasteiger partial charge in [0.15, 0.2) is 0 Å². The lowest BCUT2D eigenvalue weighted by Crippen LogP contribution is -2.23. The Morgan fingerprint density at radius 1 is 1.17 bits per heavy atom. The lowest BCUT2D eigenvalue weighted by atomic mass is 10.2. The molecule has 1 aromatic heterocycles. The van der Waals surface area contributed by atoms with Crippen LogP contribution in [0.2, 0.25) is 0 Å². The predicted octanol–water partition coefficient (Wildman–Crippen LogP) is 2.81. The molecule has 6 nitrogen and oxygen atoms in total. The zero-order valence-corrected chi connectivity index (χ0v) is 12.8. The fourth-order valence-corrected chi connectivity index (χ4v) is 2.14. The Bertz CT molecular complexity index is 864. The number of nitrogens with zero attached hydrogens (tertiary/aromatic N) is 2. The molecule has 3 aromatic rings. The zero-order chi connectivity index (χ0) is 16.9. The van der Waals surface area contributed by atoms with Crippen LogP contribution in [-0.2, 0) is 6.54 Å². The van der Waals surface area contributed by atoms with Gasteiger partial charge in [-0.1, -0.05) is 30.3 Å². The summed E-state index contributed by atoms with van der Waals surface area (Å²) in [5, 5.41) is 10.1. The molecule has 7 heteroatoms. The third kappa shape index (κ3) is 3.24. The number of hydrogen-bond donors (Lipinski definition) is 1. The number of methoxy groups -OCH3 is 1. The average molecular weight is 327 g/mol. The molecule has 0 radical (unpaired) electrons. The van der Waals surface area contributed by atoms with Crippen LogP contribution in [-0.4, -0.2) is 23.2 Å². The van der Waals surface area contributed by atoms with Crippen LogP contribution in [0.5, 0.6) is 5.75 Å². The Balaban J connectivity index is 1.73. The Morgan fingerprint density at radius 2 is 1.92 bits per heavy atom. The van der Waals surface area contributed by atoms with Crippen molar-refractivity contribution in [3.8, 4) is 17.2 Å². The number of ether oxygens (including phenoxy) is 1. The molecular weight excluding hydrogens is 313 g/mol. The summed E-state index contributed by atoms with van der Waals surface area (Å²) < 4.78 is 24.1. The highest BCUT2D eigenvalue weighted by Gasteiger charge is 2.18. The van der Waals surface area contributed by atoms with E-state index in [2.05, 4.69) is 15.5 Å². The maximum absolute atomic E-state index is 13.5. The van der Waals surface area contributed by atoms with Gasteiger partial charge in [-0.2, -0.15) is 0 Å². The second kappa shape index (κ2) is 6.91. The highest BCUT2D eigenvalue weighted by atomic mass is 19.1. The molecule has 0 bridgehead atoms. The summed E-state index contributed by atoms with van der Waals surface area (Å²) in [6, 6.07) is 13.3. The summed E-state index contributed by atoms with van der Waals surface area (Å²) in [5.41, 5.74) is 0.955. The van der Waals surface area contributed by atoms with Crippen molar-refractivity contribution in [2.45, 2.75) is 6.54 Å². The number of aromatic nitrogens is 2. The Morgan fingerprint density at radius 3 is 2.71 bits per heavy atom. The van der Waals surface area contributed by atoms with Crippen molar-refractivity contribution in [2.24, 2.45) is 0 Å². The van der Waals surface area contributed by atoms with Gasteiger partial charge in [-0.05, 0) is 18.2 Å². The highest BCUT2D eigenvalue weighted by Crippen LogP contribution is 2.28. The first-order valence-electron chi connectivity index (χ1n) is 7.17. The highest BCUT2D eigenvalue weighted by molar-refractivity contribution is 5.89. The van der Waals surface area contributed by atoms with Crippen LogP contribution >= 0.6 is 0 Å². The number of carbonyl (C=O) groups is 1. The molecule has 0 aliphatic carbocycles. The van der Waals surface area contributed by atoms with Crippen LogP contribution in [0.1, 0.15) is 16.2 Å². The van der Waals surface area contributed by atoms with Gasteiger partial charge >= 0.3 is 11.8 Å². The number of benzene rings is 2. The monoisotopic (exact) mass is 327 g/mol. The van der Waals surface area contributed by atoms with E-state index in [-0.39, 0.29) is 18.3 Å². The van der Waals surface area contributed by atoms with E-state index in [4.69, 9.17) is 9.15 Å². The smallest absolute Gasteiger partial charge is 0.309 e. The van der Waals surface area contributed by atoms with Crippen LogP contribution in [0, 0.1) is 5.82 Å². The molecule has 0 atom stereocenters. The summed E-state index contributed by atoms with van der Waals surface area (Å²) in [5.74, 6) is -0.444. The van der Waals surface area contributed by atoms with Gasteiger partial charge in [0.05, 0.1) is 12.7 Å². The lowest BCUT2D eigenvalue weighted by Gasteiger charge is -2.04. The first kappa shape index (κ1) is 15.7. The zero-order valence-electron chi connectivity index (χ0n) is 12.8. The SMILES string of the molecule is COc1ccccc1-c1nnc(C(=O)NCc2ccccc2F)o1. The van der Waals surface area contributed by atoms with Gasteiger partial charge < -0.3 is 14.5 Å². The van der Waals surface area contributed by atoms with Crippen molar-refractivity contribution in [2.75, 3.05) is 7.11 Å². The van der Waals surface area contributed by atoms with Crippen LogP contribution in [0.25, 0.3) is 11.5 Å². The van der Waals surface area contributed by atoms with E-state index < -0.39 is 11.7 Å². The van der Waals surface area contributed by atoms with Crippen molar-refractivity contribution in [1.82, 2.24) is 15.5 Å². The standard InChI is InChI=1S/C17H14FN3O3/c1-23-14-9-5-3-7-12(14)16-20-21-17(24-16)15(22)19-10-11-6-2-4-8-13(11)18/h2-9H,10H2,1H3,(H,19,22). The second-order valence-electron chi connectivity index (χ2n) is 4.89. The second-order valence-corrected chi connectivity index (χ2v) is 4.89. The van der Waals surface area contributed by atoms with Gasteiger partial charge in [-0.3, -0.25) is 4.79 Å². The number of para-hydroxylation sites is 1. The van der Waals surface area contributed by atoms with E-state index in [0.29, 0.717) is 16.9 Å². The molecule has 0 saturated heterocycles. The molecule has 0 spiro atoms. The van der Waals surface area contributed by atoms with Crippen LogP contribution < -0.4 is 10.1 Å². The minimum atomic E-state index is -0.577. The number of hydrogen-bond acceptors (Lipinski definition) is 5. The van der Waals surface area contributed by atoms with Crippen LogP contribution in [0.15, 0.2) is 52.9 Å². The molecule has 24 heavy (non-hydrogen) atoms. The third-order valence-corrected chi connectivity index (χ3v) is 3.35. The molecule has 122 valence electrons. The minimum absolute atomic E-state index is 0.0257. The molecule has 2 aromatic carbocycles. The minimum Gasteiger partial charge on any atom is -0.496 e. The number of halogens is 1. The molecule has 1 heterocycles. The topological polar surface area (TPSA) is 77.2 Å². The Hall–Kier alpha value is -3.22. The maximum Gasteiger partial charge on any atom is 0.309 e. The van der Waals surface area contributed by atoms with E-state index in [9.17, 15) is 9.18 Å². The van der Waals surface area contributed by atoms with Gasteiger partial charge in [-0.25, -0.2) is 4.39 Å². The quantitative estimate of drug-likeness (QED) is 0.780. The molecular formula is C17H14FN3O3. The molecule has 3 rings (SSSR count). The summed E-state index contributed by atoms with van der Waals surface area (Å²) in [6.07, 6.45) is 0. The summed E-state index contributed by atoms with van der Waals surface area (Å²) in [4.78, 5) is 12.1. The van der Waals surface area contributed by atoms with Gasteiger partial charge in [0.2, 0.25) is 0 Å². The van der Waals surface area contributed by atoms with Crippen molar-refractivity contribution in [3.63, 3.8) is 0 Å².